The number of methoxy groups -OCH3 is 1. The van der Waals surface area contributed by atoms with E-state index in [1.165, 1.54) is 0 Å². The fourth-order valence-electron chi connectivity index (χ4n) is 2.48. The number of fused-ring (bicyclic) bond motifs is 1. The molecular formula is C17H26ClN3O. The predicted molar refractivity (Wildman–Crippen MR) is 96.4 cm³/mol. The molecule has 4 nitrogen and oxygen atoms in total. The van der Waals surface area contributed by atoms with Crippen molar-refractivity contribution < 1.29 is 4.74 Å². The molecule has 0 aliphatic heterocycles. The van der Waals surface area contributed by atoms with Crippen molar-refractivity contribution in [3.8, 4) is 5.75 Å². The molecule has 0 unspecified atom stereocenters. The van der Waals surface area contributed by atoms with E-state index >= 15 is 0 Å². The molecule has 0 saturated heterocycles. The summed E-state index contributed by atoms with van der Waals surface area (Å²) in [6, 6.07) is 8.05. The van der Waals surface area contributed by atoms with Crippen LogP contribution in [-0.2, 0) is 0 Å². The Labute approximate surface area is 139 Å². The second kappa shape index (κ2) is 9.49. The molecule has 0 aliphatic rings. The largest absolute Gasteiger partial charge is 0.497 e. The van der Waals surface area contributed by atoms with E-state index in [0.717, 1.165) is 54.9 Å². The highest BCUT2D eigenvalue weighted by atomic mass is 35.5. The van der Waals surface area contributed by atoms with Gasteiger partial charge in [0.05, 0.1) is 18.3 Å². The summed E-state index contributed by atoms with van der Waals surface area (Å²) in [5.74, 6) is 0.863. The maximum Gasteiger partial charge on any atom is 0.121 e. The van der Waals surface area contributed by atoms with Crippen molar-refractivity contribution in [1.82, 2.24) is 9.88 Å². The van der Waals surface area contributed by atoms with Crippen molar-refractivity contribution >= 4 is 29.0 Å². The van der Waals surface area contributed by atoms with Crippen molar-refractivity contribution in [2.45, 2.75) is 20.3 Å². The first-order chi connectivity index (χ1) is 10.3. The third kappa shape index (κ3) is 4.75. The number of halogens is 1. The summed E-state index contributed by atoms with van der Waals surface area (Å²) in [6.07, 6.45) is 2.95. The van der Waals surface area contributed by atoms with Gasteiger partial charge in [-0.1, -0.05) is 19.9 Å². The van der Waals surface area contributed by atoms with Crippen LogP contribution in [0.15, 0.2) is 30.5 Å². The monoisotopic (exact) mass is 323 g/mol. The molecule has 2 aromatic rings. The number of aromatic nitrogens is 1. The Bertz CT molecular complexity index is 573. The van der Waals surface area contributed by atoms with E-state index in [-0.39, 0.29) is 12.4 Å². The molecule has 0 aliphatic carbocycles. The fourth-order valence-corrected chi connectivity index (χ4v) is 2.48. The molecule has 0 bridgehead atoms. The maximum atomic E-state index is 5.37. The zero-order valence-corrected chi connectivity index (χ0v) is 14.4. The standard InChI is InChI=1S/C17H25N3O.ClH/c1-4-20(5-2)11-7-10-18-16-13-15(21-3)12-14-8-6-9-19-17(14)16;/h6,8-9,12-13,18H,4-5,7,10-11H2,1-3H3;1H. The lowest BCUT2D eigenvalue weighted by Gasteiger charge is -2.18. The van der Waals surface area contributed by atoms with Gasteiger partial charge in [0.2, 0.25) is 0 Å². The average molecular weight is 324 g/mol. The number of nitrogens with zero attached hydrogens (tertiary/aromatic N) is 2. The van der Waals surface area contributed by atoms with Gasteiger partial charge in [-0.3, -0.25) is 4.98 Å². The van der Waals surface area contributed by atoms with Gasteiger partial charge >= 0.3 is 0 Å². The summed E-state index contributed by atoms with van der Waals surface area (Å²) >= 11 is 0. The van der Waals surface area contributed by atoms with Crippen molar-refractivity contribution in [2.24, 2.45) is 0 Å². The van der Waals surface area contributed by atoms with Gasteiger partial charge in [0.1, 0.15) is 5.75 Å². The molecule has 5 heteroatoms. The topological polar surface area (TPSA) is 37.4 Å². The molecule has 1 aromatic carbocycles. The zero-order valence-electron chi connectivity index (χ0n) is 13.6. The number of rotatable bonds is 8. The number of anilines is 1. The Kier molecular flexibility index (Phi) is 7.99. The SMILES string of the molecule is CCN(CC)CCCNc1cc(OC)cc2cccnc12.Cl. The number of benzene rings is 1. The molecule has 0 fully saturated rings. The van der Waals surface area contributed by atoms with Crippen molar-refractivity contribution in [2.75, 3.05) is 38.6 Å². The minimum atomic E-state index is 0. The van der Waals surface area contributed by atoms with E-state index in [0.29, 0.717) is 0 Å². The first-order valence-corrected chi connectivity index (χ1v) is 7.67. The van der Waals surface area contributed by atoms with Gasteiger partial charge in [0, 0.05) is 24.2 Å². The molecule has 1 N–H and O–H groups in total. The molecular weight excluding hydrogens is 298 g/mol. The van der Waals surface area contributed by atoms with Crippen LogP contribution < -0.4 is 10.1 Å². The third-order valence-corrected chi connectivity index (χ3v) is 3.78. The molecule has 1 heterocycles. The summed E-state index contributed by atoms with van der Waals surface area (Å²) in [6.45, 7) is 8.69. The van der Waals surface area contributed by atoms with Crippen LogP contribution in [0.25, 0.3) is 10.9 Å². The number of hydrogen-bond acceptors (Lipinski definition) is 4. The van der Waals surface area contributed by atoms with Gasteiger partial charge in [-0.05, 0) is 38.2 Å². The summed E-state index contributed by atoms with van der Waals surface area (Å²) in [5.41, 5.74) is 2.05. The summed E-state index contributed by atoms with van der Waals surface area (Å²) in [5, 5.41) is 4.60. The Morgan fingerprint density at radius 1 is 1.23 bits per heavy atom. The normalized spacial score (nSPS) is 10.5. The van der Waals surface area contributed by atoms with Gasteiger partial charge in [-0.25, -0.2) is 0 Å². The van der Waals surface area contributed by atoms with Gasteiger partial charge in [-0.15, -0.1) is 12.4 Å². The molecule has 122 valence electrons. The lowest BCUT2D eigenvalue weighted by Crippen LogP contribution is -2.25. The average Bonchev–Trinajstić information content (AvgIpc) is 2.54. The second-order valence-corrected chi connectivity index (χ2v) is 5.06. The number of nitrogens with one attached hydrogen (secondary N) is 1. The maximum absolute atomic E-state index is 5.37. The minimum Gasteiger partial charge on any atom is -0.497 e. The van der Waals surface area contributed by atoms with Crippen LogP contribution >= 0.6 is 12.4 Å². The van der Waals surface area contributed by atoms with E-state index in [1.807, 2.05) is 24.4 Å². The Morgan fingerprint density at radius 3 is 2.68 bits per heavy atom. The van der Waals surface area contributed by atoms with Gasteiger partial charge in [0.15, 0.2) is 0 Å². The van der Waals surface area contributed by atoms with Crippen molar-refractivity contribution in [3.63, 3.8) is 0 Å². The number of hydrogen-bond donors (Lipinski definition) is 1. The number of pyridine rings is 1. The Balaban J connectivity index is 0.00000242. The number of ether oxygens (including phenoxy) is 1. The van der Waals surface area contributed by atoms with Crippen LogP contribution in [0.2, 0.25) is 0 Å². The lowest BCUT2D eigenvalue weighted by atomic mass is 10.1. The first kappa shape index (κ1) is 18.5. The highest BCUT2D eigenvalue weighted by Crippen LogP contribution is 2.27. The van der Waals surface area contributed by atoms with Crippen LogP contribution in [0, 0.1) is 0 Å². The summed E-state index contributed by atoms with van der Waals surface area (Å²) < 4.78 is 5.37. The van der Waals surface area contributed by atoms with E-state index in [9.17, 15) is 0 Å². The van der Waals surface area contributed by atoms with Crippen LogP contribution in [0.5, 0.6) is 5.75 Å². The molecule has 0 saturated carbocycles. The van der Waals surface area contributed by atoms with Crippen LogP contribution in [-0.4, -0.2) is 43.2 Å². The van der Waals surface area contributed by atoms with Gasteiger partial charge < -0.3 is 15.0 Å². The molecule has 22 heavy (non-hydrogen) atoms. The van der Waals surface area contributed by atoms with Crippen LogP contribution in [0.3, 0.4) is 0 Å². The highest BCUT2D eigenvalue weighted by Gasteiger charge is 2.05. The fraction of sp³-hybridized carbons (Fsp3) is 0.471. The summed E-state index contributed by atoms with van der Waals surface area (Å²) in [4.78, 5) is 6.91. The quantitative estimate of drug-likeness (QED) is 0.750. The molecule has 1 aromatic heterocycles. The Morgan fingerprint density at radius 2 is 2.00 bits per heavy atom. The smallest absolute Gasteiger partial charge is 0.121 e. The Hall–Kier alpha value is -1.52. The van der Waals surface area contributed by atoms with Gasteiger partial charge in [0.25, 0.3) is 0 Å². The second-order valence-electron chi connectivity index (χ2n) is 5.06. The van der Waals surface area contributed by atoms with E-state index in [4.69, 9.17) is 4.74 Å². The van der Waals surface area contributed by atoms with Crippen LogP contribution in [0.1, 0.15) is 20.3 Å². The molecule has 0 amide bonds. The molecule has 0 spiro atoms. The van der Waals surface area contributed by atoms with Gasteiger partial charge in [-0.2, -0.15) is 0 Å². The molecule has 0 radical (unpaired) electrons. The van der Waals surface area contributed by atoms with E-state index < -0.39 is 0 Å². The highest BCUT2D eigenvalue weighted by molar-refractivity contribution is 5.91. The first-order valence-electron chi connectivity index (χ1n) is 7.67. The van der Waals surface area contributed by atoms with Crippen molar-refractivity contribution in [3.05, 3.63) is 30.5 Å². The zero-order chi connectivity index (χ0) is 15.1. The van der Waals surface area contributed by atoms with Crippen molar-refractivity contribution in [1.29, 1.82) is 0 Å². The lowest BCUT2D eigenvalue weighted by molar-refractivity contribution is 0.303. The predicted octanol–water partition coefficient (Wildman–Crippen LogP) is 3.81. The molecule has 2 rings (SSSR count). The third-order valence-electron chi connectivity index (χ3n) is 3.78. The van der Waals surface area contributed by atoms with E-state index in [1.54, 1.807) is 7.11 Å². The van der Waals surface area contributed by atoms with Crippen LogP contribution in [0.4, 0.5) is 5.69 Å². The molecule has 0 atom stereocenters. The minimum absolute atomic E-state index is 0. The summed E-state index contributed by atoms with van der Waals surface area (Å²) in [7, 11) is 1.70. The van der Waals surface area contributed by atoms with E-state index in [2.05, 4.69) is 35.1 Å².